The van der Waals surface area contributed by atoms with E-state index in [1.807, 2.05) is 6.92 Å². The molecular weight excluding hydrogens is 232 g/mol. The Hall–Kier alpha value is -1.02. The first-order valence-electron chi connectivity index (χ1n) is 6.24. The highest BCUT2D eigenvalue weighted by atomic mass is 32.2. The highest BCUT2D eigenvalue weighted by molar-refractivity contribution is 7.99. The van der Waals surface area contributed by atoms with Crippen LogP contribution in [0.1, 0.15) is 50.4 Å². The SMILES string of the molecule is Cc1nnc(SCCC#N)n1C1CCCCC1. The first kappa shape index (κ1) is 12.4. The standard InChI is InChI=1S/C12H18N4S/c1-10-14-15-12(17-9-5-8-13)16(10)11-6-3-2-4-7-11/h11H,2-7,9H2,1H3. The van der Waals surface area contributed by atoms with E-state index in [-0.39, 0.29) is 0 Å². The predicted molar refractivity (Wildman–Crippen MR) is 67.8 cm³/mol. The van der Waals surface area contributed by atoms with E-state index in [0.29, 0.717) is 12.5 Å². The summed E-state index contributed by atoms with van der Waals surface area (Å²) >= 11 is 1.65. The van der Waals surface area contributed by atoms with Crippen molar-refractivity contribution in [2.75, 3.05) is 5.75 Å². The van der Waals surface area contributed by atoms with Crippen molar-refractivity contribution in [2.45, 2.75) is 56.6 Å². The summed E-state index contributed by atoms with van der Waals surface area (Å²) in [5.41, 5.74) is 0. The average Bonchev–Trinajstić information content (AvgIpc) is 2.72. The molecule has 0 bridgehead atoms. The fraction of sp³-hybridized carbons (Fsp3) is 0.750. The summed E-state index contributed by atoms with van der Waals surface area (Å²) in [5, 5.41) is 18.0. The third-order valence-electron chi connectivity index (χ3n) is 3.22. The molecule has 1 heterocycles. The molecule has 0 spiro atoms. The second-order valence-corrected chi connectivity index (χ2v) is 5.51. The molecule has 0 aliphatic heterocycles. The van der Waals surface area contributed by atoms with Gasteiger partial charge < -0.3 is 4.57 Å². The van der Waals surface area contributed by atoms with Crippen LogP contribution >= 0.6 is 11.8 Å². The van der Waals surface area contributed by atoms with Crippen molar-refractivity contribution in [3.05, 3.63) is 5.82 Å². The van der Waals surface area contributed by atoms with Crippen molar-refractivity contribution >= 4 is 11.8 Å². The van der Waals surface area contributed by atoms with E-state index in [1.54, 1.807) is 11.8 Å². The Kier molecular flexibility index (Phi) is 4.43. The topological polar surface area (TPSA) is 54.5 Å². The molecule has 1 aliphatic carbocycles. The molecule has 1 aliphatic rings. The molecule has 1 aromatic rings. The lowest BCUT2D eigenvalue weighted by Crippen LogP contribution is -2.15. The predicted octanol–water partition coefficient (Wildman–Crippen LogP) is 3.10. The van der Waals surface area contributed by atoms with Gasteiger partial charge in [0, 0.05) is 18.2 Å². The normalized spacial score (nSPS) is 16.9. The van der Waals surface area contributed by atoms with Crippen LogP contribution in [-0.4, -0.2) is 20.5 Å². The molecule has 0 radical (unpaired) electrons. The van der Waals surface area contributed by atoms with Gasteiger partial charge in [0.25, 0.3) is 0 Å². The van der Waals surface area contributed by atoms with E-state index in [2.05, 4.69) is 20.8 Å². The van der Waals surface area contributed by atoms with E-state index >= 15 is 0 Å². The first-order chi connectivity index (χ1) is 8.33. The molecule has 2 rings (SSSR count). The van der Waals surface area contributed by atoms with Gasteiger partial charge >= 0.3 is 0 Å². The summed E-state index contributed by atoms with van der Waals surface area (Å²) in [7, 11) is 0. The van der Waals surface area contributed by atoms with Crippen LogP contribution in [0.4, 0.5) is 0 Å². The van der Waals surface area contributed by atoms with Gasteiger partial charge in [-0.15, -0.1) is 10.2 Å². The van der Waals surface area contributed by atoms with Crippen LogP contribution in [0, 0.1) is 18.3 Å². The maximum atomic E-state index is 8.56. The average molecular weight is 250 g/mol. The zero-order chi connectivity index (χ0) is 12.1. The lowest BCUT2D eigenvalue weighted by molar-refractivity contribution is 0.332. The molecule has 0 unspecified atom stereocenters. The summed E-state index contributed by atoms with van der Waals surface area (Å²) in [6, 6.07) is 2.74. The van der Waals surface area contributed by atoms with Crippen molar-refractivity contribution in [3.8, 4) is 6.07 Å². The Balaban J connectivity index is 2.08. The van der Waals surface area contributed by atoms with Crippen LogP contribution in [0.15, 0.2) is 5.16 Å². The summed E-state index contributed by atoms with van der Waals surface area (Å²) < 4.78 is 2.28. The van der Waals surface area contributed by atoms with E-state index in [4.69, 9.17) is 5.26 Å². The Bertz CT molecular complexity index is 401. The van der Waals surface area contributed by atoms with Gasteiger partial charge in [0.15, 0.2) is 5.16 Å². The van der Waals surface area contributed by atoms with Crippen LogP contribution in [0.3, 0.4) is 0 Å². The molecule has 4 nitrogen and oxygen atoms in total. The summed E-state index contributed by atoms with van der Waals surface area (Å²) in [6.07, 6.45) is 7.03. The molecular formula is C12H18N4S. The van der Waals surface area contributed by atoms with Crippen molar-refractivity contribution in [3.63, 3.8) is 0 Å². The second kappa shape index (κ2) is 6.06. The lowest BCUT2D eigenvalue weighted by Gasteiger charge is -2.24. The molecule has 0 atom stereocenters. The van der Waals surface area contributed by atoms with E-state index in [1.165, 1.54) is 32.1 Å². The molecule has 5 heteroatoms. The number of hydrogen-bond acceptors (Lipinski definition) is 4. The number of hydrogen-bond donors (Lipinski definition) is 0. The Morgan fingerprint density at radius 3 is 2.82 bits per heavy atom. The van der Waals surface area contributed by atoms with Gasteiger partial charge in [0.1, 0.15) is 5.82 Å². The molecule has 0 N–H and O–H groups in total. The van der Waals surface area contributed by atoms with Crippen molar-refractivity contribution < 1.29 is 0 Å². The van der Waals surface area contributed by atoms with E-state index in [0.717, 1.165) is 16.7 Å². The van der Waals surface area contributed by atoms with Gasteiger partial charge in [-0.3, -0.25) is 0 Å². The third-order valence-corrected chi connectivity index (χ3v) is 4.16. The van der Waals surface area contributed by atoms with Gasteiger partial charge in [0.2, 0.25) is 0 Å². The van der Waals surface area contributed by atoms with Crippen LogP contribution in [0.5, 0.6) is 0 Å². The number of thioether (sulfide) groups is 1. The van der Waals surface area contributed by atoms with Crippen molar-refractivity contribution in [1.29, 1.82) is 5.26 Å². The molecule has 1 saturated carbocycles. The molecule has 92 valence electrons. The minimum Gasteiger partial charge on any atom is -0.303 e. The minimum atomic E-state index is 0.571. The smallest absolute Gasteiger partial charge is 0.191 e. The van der Waals surface area contributed by atoms with E-state index in [9.17, 15) is 0 Å². The molecule has 0 amide bonds. The molecule has 17 heavy (non-hydrogen) atoms. The van der Waals surface area contributed by atoms with Crippen molar-refractivity contribution in [1.82, 2.24) is 14.8 Å². The Morgan fingerprint density at radius 1 is 1.35 bits per heavy atom. The molecule has 1 fully saturated rings. The lowest BCUT2D eigenvalue weighted by atomic mass is 9.95. The maximum Gasteiger partial charge on any atom is 0.191 e. The third kappa shape index (κ3) is 3.01. The molecule has 0 aromatic carbocycles. The van der Waals surface area contributed by atoms with Crippen molar-refractivity contribution in [2.24, 2.45) is 0 Å². The summed E-state index contributed by atoms with van der Waals surface area (Å²) in [6.45, 7) is 2.02. The Morgan fingerprint density at radius 2 is 2.12 bits per heavy atom. The highest BCUT2D eigenvalue weighted by Gasteiger charge is 2.20. The highest BCUT2D eigenvalue weighted by Crippen LogP contribution is 2.32. The monoisotopic (exact) mass is 250 g/mol. The van der Waals surface area contributed by atoms with Gasteiger partial charge in [-0.25, -0.2) is 0 Å². The van der Waals surface area contributed by atoms with E-state index < -0.39 is 0 Å². The number of nitrogens with zero attached hydrogens (tertiary/aromatic N) is 4. The number of aryl methyl sites for hydroxylation is 1. The summed E-state index contributed by atoms with van der Waals surface area (Å²) in [4.78, 5) is 0. The van der Waals surface area contributed by atoms with Crippen LogP contribution < -0.4 is 0 Å². The largest absolute Gasteiger partial charge is 0.303 e. The zero-order valence-corrected chi connectivity index (χ0v) is 11.0. The fourth-order valence-electron chi connectivity index (χ4n) is 2.40. The van der Waals surface area contributed by atoms with Gasteiger partial charge in [-0.05, 0) is 19.8 Å². The van der Waals surface area contributed by atoms with Crippen LogP contribution in [0.2, 0.25) is 0 Å². The Labute approximate surface area is 106 Å². The molecule has 0 saturated heterocycles. The van der Waals surface area contributed by atoms with Gasteiger partial charge in [-0.1, -0.05) is 31.0 Å². The minimum absolute atomic E-state index is 0.571. The molecule has 1 aromatic heterocycles. The van der Waals surface area contributed by atoms with Gasteiger partial charge in [0.05, 0.1) is 6.07 Å². The zero-order valence-electron chi connectivity index (χ0n) is 10.2. The van der Waals surface area contributed by atoms with Gasteiger partial charge in [-0.2, -0.15) is 5.26 Å². The fourth-order valence-corrected chi connectivity index (χ4v) is 3.29. The second-order valence-electron chi connectivity index (χ2n) is 4.45. The number of aromatic nitrogens is 3. The maximum absolute atomic E-state index is 8.56. The van der Waals surface area contributed by atoms with Crippen LogP contribution in [-0.2, 0) is 0 Å². The quantitative estimate of drug-likeness (QED) is 0.608. The number of rotatable bonds is 4. The number of nitriles is 1. The summed E-state index contributed by atoms with van der Waals surface area (Å²) in [5.74, 6) is 1.82. The van der Waals surface area contributed by atoms with Crippen LogP contribution in [0.25, 0.3) is 0 Å². The first-order valence-corrected chi connectivity index (χ1v) is 7.22.